The predicted octanol–water partition coefficient (Wildman–Crippen LogP) is 2.69. The highest BCUT2D eigenvalue weighted by atomic mass is 35.5. The van der Waals surface area contributed by atoms with Crippen LogP contribution in [-0.4, -0.2) is 21.3 Å². The average Bonchev–Trinajstić information content (AvgIpc) is 2.85. The van der Waals surface area contributed by atoms with Gasteiger partial charge >= 0.3 is 0 Å². The Morgan fingerprint density at radius 2 is 2.15 bits per heavy atom. The predicted molar refractivity (Wildman–Crippen MR) is 79.2 cm³/mol. The molecule has 0 unspecified atom stereocenters. The second-order valence-corrected chi connectivity index (χ2v) is 5.04. The summed E-state index contributed by atoms with van der Waals surface area (Å²) in [5.41, 5.74) is 6.49. The summed E-state index contributed by atoms with van der Waals surface area (Å²) in [4.78, 5) is 4.16. The van der Waals surface area contributed by atoms with Crippen molar-refractivity contribution in [2.45, 2.75) is 26.5 Å². The fourth-order valence-corrected chi connectivity index (χ4v) is 2.51. The van der Waals surface area contributed by atoms with Crippen LogP contribution in [0, 0.1) is 0 Å². The van der Waals surface area contributed by atoms with Crippen molar-refractivity contribution in [1.29, 1.82) is 0 Å². The van der Waals surface area contributed by atoms with E-state index in [0.29, 0.717) is 35.4 Å². The van der Waals surface area contributed by atoms with Gasteiger partial charge in [0.1, 0.15) is 18.7 Å². The topological polar surface area (TPSA) is 66.0 Å². The molecule has 0 fully saturated rings. The molecule has 0 saturated carbocycles. The normalized spacial score (nSPS) is 10.8. The molecule has 0 atom stereocenters. The molecular formula is C13H16Cl2N4O. The van der Waals surface area contributed by atoms with E-state index in [0.717, 1.165) is 17.9 Å². The summed E-state index contributed by atoms with van der Waals surface area (Å²) in [6.45, 7) is 3.53. The molecule has 2 N–H and O–H groups in total. The van der Waals surface area contributed by atoms with Crippen LogP contribution >= 0.6 is 23.2 Å². The molecule has 0 aliphatic heterocycles. The van der Waals surface area contributed by atoms with E-state index in [9.17, 15) is 0 Å². The largest absolute Gasteiger partial charge is 0.484 e. The number of ether oxygens (including phenoxy) is 1. The minimum atomic E-state index is 0.298. The number of nitrogens with zero attached hydrogens (tertiary/aromatic N) is 3. The Balaban J connectivity index is 2.20. The molecule has 7 heteroatoms. The number of benzene rings is 1. The molecule has 1 aromatic heterocycles. The molecule has 0 amide bonds. The molecule has 20 heavy (non-hydrogen) atoms. The minimum absolute atomic E-state index is 0.298. The molecule has 1 aromatic carbocycles. The molecule has 0 saturated heterocycles. The van der Waals surface area contributed by atoms with Crippen LogP contribution in [0.3, 0.4) is 0 Å². The van der Waals surface area contributed by atoms with Crippen LogP contribution in [0.4, 0.5) is 0 Å². The Kier molecular flexibility index (Phi) is 5.23. The lowest BCUT2D eigenvalue weighted by Gasteiger charge is -2.13. The monoisotopic (exact) mass is 314 g/mol. The van der Waals surface area contributed by atoms with E-state index in [1.54, 1.807) is 10.7 Å². The van der Waals surface area contributed by atoms with E-state index >= 15 is 0 Å². The molecule has 0 bridgehead atoms. The van der Waals surface area contributed by atoms with Crippen molar-refractivity contribution in [3.8, 4) is 5.75 Å². The third-order valence-electron chi connectivity index (χ3n) is 2.84. The fourth-order valence-electron chi connectivity index (χ4n) is 1.92. The SMILES string of the molecule is CCn1ncnc1COc1c(Cl)cc(Cl)cc1CCN. The maximum Gasteiger partial charge on any atom is 0.164 e. The molecule has 0 aliphatic rings. The van der Waals surface area contributed by atoms with Gasteiger partial charge in [-0.05, 0) is 37.6 Å². The molecular weight excluding hydrogens is 299 g/mol. The summed E-state index contributed by atoms with van der Waals surface area (Å²) in [5, 5.41) is 5.14. The van der Waals surface area contributed by atoms with Crippen LogP contribution in [0.15, 0.2) is 18.5 Å². The highest BCUT2D eigenvalue weighted by Crippen LogP contribution is 2.33. The summed E-state index contributed by atoms with van der Waals surface area (Å²) in [7, 11) is 0. The first-order valence-corrected chi connectivity index (χ1v) is 7.08. The van der Waals surface area contributed by atoms with Gasteiger partial charge in [0.05, 0.1) is 5.02 Å². The van der Waals surface area contributed by atoms with Gasteiger partial charge in [-0.25, -0.2) is 9.67 Å². The zero-order chi connectivity index (χ0) is 14.5. The van der Waals surface area contributed by atoms with E-state index in [1.807, 2.05) is 13.0 Å². The highest BCUT2D eigenvalue weighted by Gasteiger charge is 2.12. The van der Waals surface area contributed by atoms with Crippen molar-refractivity contribution in [3.63, 3.8) is 0 Å². The Labute approximate surface area is 127 Å². The number of aromatic nitrogens is 3. The van der Waals surface area contributed by atoms with Gasteiger partial charge in [0.2, 0.25) is 0 Å². The quantitative estimate of drug-likeness (QED) is 0.890. The number of hydrogen-bond acceptors (Lipinski definition) is 4. The number of nitrogens with two attached hydrogens (primary N) is 1. The lowest BCUT2D eigenvalue weighted by atomic mass is 10.1. The second-order valence-electron chi connectivity index (χ2n) is 4.20. The van der Waals surface area contributed by atoms with Crippen molar-refractivity contribution in [3.05, 3.63) is 39.9 Å². The number of rotatable bonds is 6. The van der Waals surface area contributed by atoms with Gasteiger partial charge in [-0.15, -0.1) is 0 Å². The first-order valence-electron chi connectivity index (χ1n) is 6.33. The van der Waals surface area contributed by atoms with Crippen molar-refractivity contribution >= 4 is 23.2 Å². The van der Waals surface area contributed by atoms with Crippen LogP contribution in [-0.2, 0) is 19.6 Å². The number of halogens is 2. The standard InChI is InChI=1S/C13H16Cl2N4O/c1-2-19-12(17-8-18-19)7-20-13-9(3-4-16)5-10(14)6-11(13)15/h5-6,8H,2-4,7,16H2,1H3. The van der Waals surface area contributed by atoms with E-state index in [1.165, 1.54) is 6.33 Å². The van der Waals surface area contributed by atoms with Crippen LogP contribution in [0.25, 0.3) is 0 Å². The molecule has 2 aromatic rings. The maximum atomic E-state index is 6.19. The van der Waals surface area contributed by atoms with Gasteiger partial charge in [0, 0.05) is 11.6 Å². The summed E-state index contributed by atoms with van der Waals surface area (Å²) < 4.78 is 7.56. The van der Waals surface area contributed by atoms with Crippen molar-refractivity contribution in [2.24, 2.45) is 5.73 Å². The van der Waals surface area contributed by atoms with E-state index in [-0.39, 0.29) is 0 Å². The highest BCUT2D eigenvalue weighted by molar-refractivity contribution is 6.35. The van der Waals surface area contributed by atoms with Crippen LogP contribution in [0.5, 0.6) is 5.75 Å². The second kappa shape index (κ2) is 6.92. The summed E-state index contributed by atoms with van der Waals surface area (Å²) in [6.07, 6.45) is 2.16. The molecule has 5 nitrogen and oxygen atoms in total. The molecule has 0 aliphatic carbocycles. The Hall–Kier alpha value is -1.30. The van der Waals surface area contributed by atoms with E-state index in [2.05, 4.69) is 10.1 Å². The summed E-state index contributed by atoms with van der Waals surface area (Å²) in [6, 6.07) is 3.48. The Morgan fingerprint density at radius 1 is 1.35 bits per heavy atom. The zero-order valence-electron chi connectivity index (χ0n) is 11.1. The smallest absolute Gasteiger partial charge is 0.164 e. The van der Waals surface area contributed by atoms with Crippen LogP contribution in [0.1, 0.15) is 18.3 Å². The van der Waals surface area contributed by atoms with Crippen molar-refractivity contribution in [1.82, 2.24) is 14.8 Å². The summed E-state index contributed by atoms with van der Waals surface area (Å²) >= 11 is 12.2. The first-order chi connectivity index (χ1) is 9.65. The van der Waals surface area contributed by atoms with E-state index < -0.39 is 0 Å². The van der Waals surface area contributed by atoms with Gasteiger partial charge in [-0.3, -0.25) is 0 Å². The molecule has 108 valence electrons. The third-order valence-corrected chi connectivity index (χ3v) is 3.34. The first kappa shape index (κ1) is 15.1. The van der Waals surface area contributed by atoms with Gasteiger partial charge in [0.15, 0.2) is 5.82 Å². The Morgan fingerprint density at radius 3 is 2.85 bits per heavy atom. The molecule has 0 radical (unpaired) electrons. The van der Waals surface area contributed by atoms with E-state index in [4.69, 9.17) is 33.7 Å². The number of hydrogen-bond donors (Lipinski definition) is 1. The molecule has 2 rings (SSSR count). The van der Waals surface area contributed by atoms with Crippen molar-refractivity contribution in [2.75, 3.05) is 6.54 Å². The average molecular weight is 315 g/mol. The van der Waals surface area contributed by atoms with Gasteiger partial charge in [-0.2, -0.15) is 5.10 Å². The van der Waals surface area contributed by atoms with Crippen molar-refractivity contribution < 1.29 is 4.74 Å². The van der Waals surface area contributed by atoms with Gasteiger partial charge in [0.25, 0.3) is 0 Å². The van der Waals surface area contributed by atoms with Crippen LogP contribution < -0.4 is 10.5 Å². The van der Waals surface area contributed by atoms with Gasteiger partial charge < -0.3 is 10.5 Å². The zero-order valence-corrected chi connectivity index (χ0v) is 12.7. The van der Waals surface area contributed by atoms with Crippen LogP contribution in [0.2, 0.25) is 10.0 Å². The lowest BCUT2D eigenvalue weighted by Crippen LogP contribution is -2.09. The lowest BCUT2D eigenvalue weighted by molar-refractivity contribution is 0.284. The molecule has 1 heterocycles. The minimum Gasteiger partial charge on any atom is -0.484 e. The fraction of sp³-hybridized carbons (Fsp3) is 0.385. The molecule has 0 spiro atoms. The maximum absolute atomic E-state index is 6.19. The summed E-state index contributed by atoms with van der Waals surface area (Å²) in [5.74, 6) is 1.35. The Bertz CT molecular complexity index is 586. The third kappa shape index (κ3) is 3.42. The number of aryl methyl sites for hydroxylation is 1. The van der Waals surface area contributed by atoms with Gasteiger partial charge in [-0.1, -0.05) is 23.2 Å².